The number of aromatic amines is 1. The number of hydrogen-bond acceptors (Lipinski definition) is 2. The molecule has 0 saturated carbocycles. The Labute approximate surface area is 95.7 Å². The number of aryl methyl sites for hydroxylation is 1. The Morgan fingerprint density at radius 2 is 2.18 bits per heavy atom. The SMILES string of the molecule is Cc1nc2c([nH]c3ccc(F)cc32)c(=O)n1C. The van der Waals surface area contributed by atoms with Gasteiger partial charge in [0.15, 0.2) is 0 Å². The fraction of sp³-hybridized carbons (Fsp3) is 0.167. The third kappa shape index (κ3) is 1.28. The second kappa shape index (κ2) is 3.16. The van der Waals surface area contributed by atoms with E-state index in [1.807, 2.05) is 0 Å². The van der Waals surface area contributed by atoms with Crippen LogP contribution in [0.2, 0.25) is 0 Å². The Morgan fingerprint density at radius 3 is 2.94 bits per heavy atom. The Morgan fingerprint density at radius 1 is 1.41 bits per heavy atom. The van der Waals surface area contributed by atoms with Crippen LogP contribution < -0.4 is 5.56 Å². The van der Waals surface area contributed by atoms with Crippen molar-refractivity contribution in [3.63, 3.8) is 0 Å². The first kappa shape index (κ1) is 10.0. The summed E-state index contributed by atoms with van der Waals surface area (Å²) in [6, 6.07) is 4.36. The smallest absolute Gasteiger partial charge is 0.277 e. The molecule has 0 fully saturated rings. The number of rotatable bonds is 0. The average Bonchev–Trinajstić information content (AvgIpc) is 2.65. The number of nitrogens with one attached hydrogen (secondary N) is 1. The normalized spacial score (nSPS) is 11.5. The van der Waals surface area contributed by atoms with Crippen molar-refractivity contribution in [1.29, 1.82) is 0 Å². The minimum absolute atomic E-state index is 0.149. The summed E-state index contributed by atoms with van der Waals surface area (Å²) >= 11 is 0. The van der Waals surface area contributed by atoms with E-state index in [2.05, 4.69) is 9.97 Å². The van der Waals surface area contributed by atoms with Gasteiger partial charge in [0.05, 0.1) is 0 Å². The first-order valence-electron chi connectivity index (χ1n) is 5.22. The van der Waals surface area contributed by atoms with Crippen molar-refractivity contribution in [2.24, 2.45) is 7.05 Å². The van der Waals surface area contributed by atoms with E-state index in [4.69, 9.17) is 0 Å². The lowest BCUT2D eigenvalue weighted by Crippen LogP contribution is -2.20. The quantitative estimate of drug-likeness (QED) is 0.642. The first-order chi connectivity index (χ1) is 8.08. The number of nitrogens with zero attached hydrogens (tertiary/aromatic N) is 2. The van der Waals surface area contributed by atoms with Crippen LogP contribution in [0.1, 0.15) is 5.82 Å². The van der Waals surface area contributed by atoms with E-state index in [0.29, 0.717) is 22.2 Å². The van der Waals surface area contributed by atoms with E-state index >= 15 is 0 Å². The van der Waals surface area contributed by atoms with E-state index in [1.54, 1.807) is 20.0 Å². The summed E-state index contributed by atoms with van der Waals surface area (Å²) in [5, 5.41) is 0.640. The molecule has 0 radical (unpaired) electrons. The summed E-state index contributed by atoms with van der Waals surface area (Å²) in [4.78, 5) is 19.3. The van der Waals surface area contributed by atoms with Gasteiger partial charge in [-0.2, -0.15) is 0 Å². The fourth-order valence-corrected chi connectivity index (χ4v) is 1.97. The maximum Gasteiger partial charge on any atom is 0.277 e. The number of halogens is 1. The van der Waals surface area contributed by atoms with Crippen molar-refractivity contribution in [3.8, 4) is 0 Å². The summed E-state index contributed by atoms with van der Waals surface area (Å²) < 4.78 is 14.7. The lowest BCUT2D eigenvalue weighted by atomic mass is 10.2. The van der Waals surface area contributed by atoms with E-state index < -0.39 is 0 Å². The van der Waals surface area contributed by atoms with Gasteiger partial charge in [0.25, 0.3) is 5.56 Å². The molecule has 3 aromatic rings. The second-order valence-corrected chi connectivity index (χ2v) is 4.06. The van der Waals surface area contributed by atoms with Crippen LogP contribution in [-0.2, 0) is 7.05 Å². The molecule has 0 saturated heterocycles. The molecular formula is C12H10FN3O. The molecule has 2 heterocycles. The van der Waals surface area contributed by atoms with Gasteiger partial charge in [0, 0.05) is 18.0 Å². The summed E-state index contributed by atoms with van der Waals surface area (Å²) in [5.74, 6) is 0.270. The summed E-state index contributed by atoms with van der Waals surface area (Å²) in [5.41, 5.74) is 1.51. The highest BCUT2D eigenvalue weighted by Gasteiger charge is 2.11. The minimum Gasteiger partial charge on any atom is -0.349 e. The Hall–Kier alpha value is -2.17. The van der Waals surface area contributed by atoms with Crippen molar-refractivity contribution in [3.05, 3.63) is 40.2 Å². The van der Waals surface area contributed by atoms with Crippen molar-refractivity contribution >= 4 is 21.9 Å². The van der Waals surface area contributed by atoms with E-state index in [0.717, 1.165) is 5.52 Å². The second-order valence-electron chi connectivity index (χ2n) is 4.06. The average molecular weight is 231 g/mol. The van der Waals surface area contributed by atoms with E-state index in [-0.39, 0.29) is 11.4 Å². The van der Waals surface area contributed by atoms with Gasteiger partial charge in [0.2, 0.25) is 0 Å². The maximum atomic E-state index is 13.2. The molecule has 0 aliphatic heterocycles. The van der Waals surface area contributed by atoms with E-state index in [9.17, 15) is 9.18 Å². The zero-order valence-corrected chi connectivity index (χ0v) is 9.41. The zero-order chi connectivity index (χ0) is 12.2. The summed E-state index contributed by atoms with van der Waals surface area (Å²) in [6.07, 6.45) is 0. The molecule has 5 heteroatoms. The predicted octanol–water partition coefficient (Wildman–Crippen LogP) is 1.86. The molecule has 0 atom stereocenters. The van der Waals surface area contributed by atoms with Gasteiger partial charge in [0.1, 0.15) is 22.7 Å². The van der Waals surface area contributed by atoms with Gasteiger partial charge in [-0.3, -0.25) is 9.36 Å². The van der Waals surface area contributed by atoms with Gasteiger partial charge in [-0.1, -0.05) is 0 Å². The topological polar surface area (TPSA) is 50.7 Å². The molecule has 1 N–H and O–H groups in total. The molecule has 0 aliphatic rings. The van der Waals surface area contributed by atoms with Crippen LogP contribution in [0, 0.1) is 12.7 Å². The molecule has 17 heavy (non-hydrogen) atoms. The highest BCUT2D eigenvalue weighted by Crippen LogP contribution is 2.22. The third-order valence-corrected chi connectivity index (χ3v) is 3.01. The van der Waals surface area contributed by atoms with Gasteiger partial charge in [-0.05, 0) is 25.1 Å². The molecule has 4 nitrogen and oxygen atoms in total. The molecule has 0 bridgehead atoms. The first-order valence-corrected chi connectivity index (χ1v) is 5.22. The van der Waals surface area contributed by atoms with Crippen molar-refractivity contribution in [1.82, 2.24) is 14.5 Å². The minimum atomic E-state index is -0.335. The molecule has 86 valence electrons. The standard InChI is InChI=1S/C12H10FN3O/c1-6-14-10-8-5-7(13)3-4-9(8)15-11(10)12(17)16(6)2/h3-5,15H,1-2H3. The Balaban J connectivity index is 2.62. The summed E-state index contributed by atoms with van der Waals surface area (Å²) in [7, 11) is 1.66. The number of fused-ring (bicyclic) bond motifs is 3. The van der Waals surface area contributed by atoms with Crippen molar-refractivity contribution in [2.45, 2.75) is 6.92 Å². The number of benzene rings is 1. The van der Waals surface area contributed by atoms with Crippen LogP contribution in [-0.4, -0.2) is 14.5 Å². The highest BCUT2D eigenvalue weighted by molar-refractivity contribution is 6.04. The van der Waals surface area contributed by atoms with Crippen LogP contribution >= 0.6 is 0 Å². The van der Waals surface area contributed by atoms with Gasteiger partial charge in [-0.15, -0.1) is 0 Å². The zero-order valence-electron chi connectivity index (χ0n) is 9.41. The molecule has 0 unspecified atom stereocenters. The number of aromatic nitrogens is 3. The Bertz CT molecular complexity index is 801. The van der Waals surface area contributed by atoms with Crippen molar-refractivity contribution in [2.75, 3.05) is 0 Å². The van der Waals surface area contributed by atoms with Crippen LogP contribution in [0.25, 0.3) is 21.9 Å². The molecule has 0 spiro atoms. The fourth-order valence-electron chi connectivity index (χ4n) is 1.97. The molecular weight excluding hydrogens is 221 g/mol. The van der Waals surface area contributed by atoms with Gasteiger partial charge < -0.3 is 4.98 Å². The van der Waals surface area contributed by atoms with Crippen LogP contribution in [0.4, 0.5) is 4.39 Å². The summed E-state index contributed by atoms with van der Waals surface area (Å²) in [6.45, 7) is 1.75. The highest BCUT2D eigenvalue weighted by atomic mass is 19.1. The van der Waals surface area contributed by atoms with Crippen LogP contribution in [0.3, 0.4) is 0 Å². The van der Waals surface area contributed by atoms with Crippen LogP contribution in [0.5, 0.6) is 0 Å². The molecule has 1 aromatic carbocycles. The maximum absolute atomic E-state index is 13.2. The lowest BCUT2D eigenvalue weighted by molar-refractivity contribution is 0.630. The monoisotopic (exact) mass is 231 g/mol. The molecule has 3 rings (SSSR count). The van der Waals surface area contributed by atoms with Gasteiger partial charge >= 0.3 is 0 Å². The Kier molecular flexibility index (Phi) is 1.86. The van der Waals surface area contributed by atoms with Crippen molar-refractivity contribution < 1.29 is 4.39 Å². The van der Waals surface area contributed by atoms with E-state index in [1.165, 1.54) is 16.7 Å². The molecule has 0 amide bonds. The van der Waals surface area contributed by atoms with Gasteiger partial charge in [-0.25, -0.2) is 9.37 Å². The molecule has 2 aromatic heterocycles. The van der Waals surface area contributed by atoms with Crippen LogP contribution in [0.15, 0.2) is 23.0 Å². The third-order valence-electron chi connectivity index (χ3n) is 3.01. The molecule has 0 aliphatic carbocycles. The lowest BCUT2D eigenvalue weighted by Gasteiger charge is -2.01. The predicted molar refractivity (Wildman–Crippen MR) is 63.5 cm³/mol. The largest absolute Gasteiger partial charge is 0.349 e. The number of H-pyrrole nitrogens is 1. The number of hydrogen-bond donors (Lipinski definition) is 1.